The number of hydrogen-bond donors (Lipinski definition) is 3. The number of fused-ring (bicyclic) bond motifs is 1. The van der Waals surface area contributed by atoms with Crippen LogP contribution in [0.25, 0.3) is 0 Å². The zero-order valence-electron chi connectivity index (χ0n) is 12.3. The summed E-state index contributed by atoms with van der Waals surface area (Å²) >= 11 is 2.36. The molecule has 0 aromatic carbocycles. The minimum atomic E-state index is -4.33. The van der Waals surface area contributed by atoms with Crippen molar-refractivity contribution in [3.05, 3.63) is 11.3 Å². The largest absolute Gasteiger partial charge is 0.477 e. The van der Waals surface area contributed by atoms with Crippen molar-refractivity contribution in [3.63, 3.8) is 0 Å². The number of nitrogens with two attached hydrogens (primary N) is 1. The molecule has 0 spiro atoms. The molecule has 1 saturated heterocycles. The maximum Gasteiger partial charge on any atom is 0.352 e. The lowest BCUT2D eigenvalue weighted by Crippen LogP contribution is -2.68. The van der Waals surface area contributed by atoms with E-state index in [-0.39, 0.29) is 16.6 Å². The lowest BCUT2D eigenvalue weighted by Gasteiger charge is -2.48. The molecular weight excluding hydrogens is 396 g/mol. The monoisotopic (exact) mass is 408 g/mol. The number of carboxylic acid groups (broad SMARTS) is 1. The fourth-order valence-electron chi connectivity index (χ4n) is 2.38. The second-order valence-corrected chi connectivity index (χ2v) is 8.62. The van der Waals surface area contributed by atoms with Crippen molar-refractivity contribution in [3.8, 4) is 0 Å². The van der Waals surface area contributed by atoms with E-state index in [0.717, 1.165) is 21.3 Å². The van der Waals surface area contributed by atoms with Gasteiger partial charge in [-0.05, 0) is 16.0 Å². The quantitative estimate of drug-likeness (QED) is 0.273. The van der Waals surface area contributed by atoms with Crippen LogP contribution >= 0.6 is 23.5 Å². The van der Waals surface area contributed by atoms with Crippen molar-refractivity contribution in [2.45, 2.75) is 22.4 Å². The summed E-state index contributed by atoms with van der Waals surface area (Å²) in [5.74, 6) is -2.02. The number of carboxylic acids is 1. The molecule has 3 rings (SSSR count). The fraction of sp³-hybridized carbons (Fsp3) is 0.500. The maximum absolute atomic E-state index is 11.9. The summed E-state index contributed by atoms with van der Waals surface area (Å²) in [5.41, 5.74) is 6.03. The summed E-state index contributed by atoms with van der Waals surface area (Å²) in [4.78, 5) is 24.6. The van der Waals surface area contributed by atoms with Crippen LogP contribution < -0.4 is 5.73 Å². The highest BCUT2D eigenvalue weighted by atomic mass is 32.2. The number of carbonyl (C=O) groups is 2. The first-order valence-electron chi connectivity index (χ1n) is 6.68. The predicted molar refractivity (Wildman–Crippen MR) is 85.8 cm³/mol. The molecule has 0 aliphatic carbocycles. The SMILES string of the molecule is NC1C(=O)N2C(C(=O)O)=C(CSc3nnnn3CS(=O)(=O)O)CS[C@@H]12. The maximum atomic E-state index is 11.9. The molecule has 2 aliphatic heterocycles. The molecule has 1 aromatic rings. The number of amides is 1. The van der Waals surface area contributed by atoms with E-state index in [2.05, 4.69) is 15.5 Å². The summed E-state index contributed by atoms with van der Waals surface area (Å²) in [7, 11) is -4.33. The number of carbonyl (C=O) groups excluding carboxylic acids is 1. The third-order valence-corrected chi connectivity index (χ3v) is 6.43. The molecule has 0 radical (unpaired) electrons. The minimum Gasteiger partial charge on any atom is -0.477 e. The van der Waals surface area contributed by atoms with E-state index < -0.39 is 39.3 Å². The van der Waals surface area contributed by atoms with Gasteiger partial charge in [-0.3, -0.25) is 14.2 Å². The van der Waals surface area contributed by atoms with Gasteiger partial charge < -0.3 is 10.8 Å². The number of rotatable bonds is 6. The summed E-state index contributed by atoms with van der Waals surface area (Å²) < 4.78 is 31.6. The smallest absolute Gasteiger partial charge is 0.352 e. The molecule has 136 valence electrons. The van der Waals surface area contributed by atoms with Crippen LogP contribution in [0.5, 0.6) is 0 Å². The lowest BCUT2D eigenvalue weighted by molar-refractivity contribution is -0.147. The van der Waals surface area contributed by atoms with Gasteiger partial charge >= 0.3 is 5.97 Å². The van der Waals surface area contributed by atoms with Gasteiger partial charge in [0.15, 0.2) is 5.88 Å². The first kappa shape index (κ1) is 18.1. The third kappa shape index (κ3) is 3.50. The minimum absolute atomic E-state index is 0.0913. The summed E-state index contributed by atoms with van der Waals surface area (Å²) in [6.45, 7) is 0. The molecule has 1 unspecified atom stereocenters. The molecule has 1 aromatic heterocycles. The molecular formula is C10H12N6O6S3. The third-order valence-electron chi connectivity index (χ3n) is 3.45. The summed E-state index contributed by atoms with van der Waals surface area (Å²) in [6.07, 6.45) is 0. The summed E-state index contributed by atoms with van der Waals surface area (Å²) in [5, 5.41) is 19.6. The molecule has 1 amide bonds. The van der Waals surface area contributed by atoms with Crippen LogP contribution in [0.15, 0.2) is 16.4 Å². The van der Waals surface area contributed by atoms with Gasteiger partial charge in [0.25, 0.3) is 10.1 Å². The van der Waals surface area contributed by atoms with E-state index in [1.807, 2.05) is 0 Å². The van der Waals surface area contributed by atoms with Crippen LogP contribution in [-0.2, 0) is 25.6 Å². The van der Waals surface area contributed by atoms with E-state index >= 15 is 0 Å². The Morgan fingerprint density at radius 3 is 2.84 bits per heavy atom. The predicted octanol–water partition coefficient (Wildman–Crippen LogP) is -1.81. The summed E-state index contributed by atoms with van der Waals surface area (Å²) in [6, 6.07) is -0.712. The van der Waals surface area contributed by atoms with Gasteiger partial charge in [-0.1, -0.05) is 11.8 Å². The van der Waals surface area contributed by atoms with E-state index in [4.69, 9.17) is 10.3 Å². The van der Waals surface area contributed by atoms with Gasteiger partial charge in [-0.25, -0.2) is 9.48 Å². The number of thioether (sulfide) groups is 2. The van der Waals surface area contributed by atoms with Gasteiger partial charge in [-0.15, -0.1) is 16.9 Å². The van der Waals surface area contributed by atoms with Gasteiger partial charge in [0.2, 0.25) is 11.1 Å². The molecule has 25 heavy (non-hydrogen) atoms. The van der Waals surface area contributed by atoms with Crippen molar-refractivity contribution < 1.29 is 27.7 Å². The Morgan fingerprint density at radius 1 is 1.48 bits per heavy atom. The van der Waals surface area contributed by atoms with Gasteiger partial charge in [0, 0.05) is 11.5 Å². The standard InChI is InChI=1S/C10H12N6O6S3/c11-5-7(17)16-6(9(18)19)4(1-23-8(5)16)2-24-10-12-13-14-15(10)3-25(20,21)22/h5,8H,1-3,11H2,(H,18,19)(H,20,21,22)/t5?,8-/m0/s1. The average molecular weight is 408 g/mol. The Kier molecular flexibility index (Phi) is 4.76. The zero-order valence-corrected chi connectivity index (χ0v) is 14.8. The Bertz CT molecular complexity index is 866. The average Bonchev–Trinajstić information content (AvgIpc) is 2.96. The van der Waals surface area contributed by atoms with E-state index in [9.17, 15) is 23.1 Å². The van der Waals surface area contributed by atoms with Crippen LogP contribution in [0.4, 0.5) is 0 Å². The molecule has 0 saturated carbocycles. The topological polar surface area (TPSA) is 182 Å². The van der Waals surface area contributed by atoms with Crippen LogP contribution in [0.2, 0.25) is 0 Å². The van der Waals surface area contributed by atoms with Crippen LogP contribution in [0.3, 0.4) is 0 Å². The van der Waals surface area contributed by atoms with Crippen LogP contribution in [0.1, 0.15) is 0 Å². The molecule has 3 heterocycles. The van der Waals surface area contributed by atoms with Gasteiger partial charge in [0.1, 0.15) is 17.1 Å². The van der Waals surface area contributed by atoms with Crippen molar-refractivity contribution in [2.24, 2.45) is 5.73 Å². The highest BCUT2D eigenvalue weighted by Crippen LogP contribution is 2.40. The molecule has 15 heteroatoms. The number of β-lactam (4-membered cyclic amide) rings is 1. The second kappa shape index (κ2) is 6.56. The Morgan fingerprint density at radius 2 is 2.20 bits per heavy atom. The normalized spacial score (nSPS) is 23.4. The van der Waals surface area contributed by atoms with E-state index in [1.54, 1.807) is 0 Å². The zero-order chi connectivity index (χ0) is 18.4. The van der Waals surface area contributed by atoms with Crippen molar-refractivity contribution in [1.29, 1.82) is 0 Å². The van der Waals surface area contributed by atoms with Gasteiger partial charge in [-0.2, -0.15) is 8.42 Å². The Hall–Kier alpha value is -1.68. The number of tetrazole rings is 1. The van der Waals surface area contributed by atoms with Crippen molar-refractivity contribution in [2.75, 3.05) is 11.5 Å². The Labute approximate surface area is 149 Å². The molecule has 0 bridgehead atoms. The number of nitrogens with zero attached hydrogens (tertiary/aromatic N) is 5. The van der Waals surface area contributed by atoms with Gasteiger partial charge in [0.05, 0.1) is 0 Å². The molecule has 12 nitrogen and oxygen atoms in total. The highest BCUT2D eigenvalue weighted by molar-refractivity contribution is 8.01. The lowest BCUT2D eigenvalue weighted by atomic mass is 10.0. The first-order chi connectivity index (χ1) is 11.7. The number of aliphatic carboxylic acids is 1. The van der Waals surface area contributed by atoms with E-state index in [0.29, 0.717) is 11.3 Å². The van der Waals surface area contributed by atoms with Crippen molar-refractivity contribution >= 4 is 45.5 Å². The molecule has 1 fully saturated rings. The number of aromatic nitrogens is 4. The Balaban J connectivity index is 1.79. The van der Waals surface area contributed by atoms with E-state index in [1.165, 1.54) is 11.8 Å². The fourth-order valence-corrected chi connectivity index (χ4v) is 5.25. The molecule has 4 N–H and O–H groups in total. The second-order valence-electron chi connectivity index (χ2n) is 5.15. The first-order valence-corrected chi connectivity index (χ1v) is 10.3. The van der Waals surface area contributed by atoms with Crippen LogP contribution in [0, 0.1) is 0 Å². The molecule has 2 aliphatic rings. The van der Waals surface area contributed by atoms with Crippen molar-refractivity contribution in [1.82, 2.24) is 25.1 Å². The highest BCUT2D eigenvalue weighted by Gasteiger charge is 2.51. The van der Waals surface area contributed by atoms with Crippen LogP contribution in [-0.4, -0.2) is 78.0 Å². The molecule has 2 atom stereocenters. The number of hydrogen-bond acceptors (Lipinski definition) is 10.